The summed E-state index contributed by atoms with van der Waals surface area (Å²) in [5.41, 5.74) is 4.30. The molecule has 0 spiro atoms. The van der Waals surface area contributed by atoms with E-state index in [1.54, 1.807) is 12.1 Å². The van der Waals surface area contributed by atoms with E-state index in [1.165, 1.54) is 18.5 Å². The Bertz CT molecular complexity index is 1090. The average molecular weight is 418 g/mol. The maximum atomic E-state index is 12.9. The highest BCUT2D eigenvalue weighted by molar-refractivity contribution is 5.92. The highest BCUT2D eigenvalue weighted by atomic mass is 19.4. The van der Waals surface area contributed by atoms with Crippen molar-refractivity contribution in [1.29, 1.82) is 0 Å². The summed E-state index contributed by atoms with van der Waals surface area (Å²) in [4.78, 5) is 38.6. The first kappa shape index (κ1) is 20.6. The Morgan fingerprint density at radius 3 is 2.67 bits per heavy atom. The summed E-state index contributed by atoms with van der Waals surface area (Å²) in [6, 6.07) is 5.26. The zero-order valence-electron chi connectivity index (χ0n) is 15.1. The highest BCUT2D eigenvalue weighted by Crippen LogP contribution is 2.30. The van der Waals surface area contributed by atoms with Gasteiger partial charge >= 0.3 is 12.3 Å². The molecule has 0 saturated carbocycles. The number of carbonyl (C=O) groups is 2. The van der Waals surface area contributed by atoms with Gasteiger partial charge in [-0.15, -0.1) is 0 Å². The predicted octanol–water partition coefficient (Wildman–Crippen LogP) is 2.34. The number of carbonyl (C=O) groups excluding carboxylic acids is 2. The predicted molar refractivity (Wildman–Crippen MR) is 95.9 cm³/mol. The second-order valence-corrected chi connectivity index (χ2v) is 5.80. The van der Waals surface area contributed by atoms with Crippen LogP contribution in [0, 0.1) is 0 Å². The molecule has 3 rings (SSSR count). The number of primary amides is 1. The van der Waals surface area contributed by atoms with Gasteiger partial charge in [0, 0.05) is 42.5 Å². The van der Waals surface area contributed by atoms with Crippen LogP contribution in [-0.4, -0.2) is 31.9 Å². The molecule has 3 N–H and O–H groups in total. The molecule has 0 aliphatic heterocycles. The summed E-state index contributed by atoms with van der Waals surface area (Å²) in [6.45, 7) is -0.0697. The number of nitrogens with one attached hydrogen (secondary N) is 1. The van der Waals surface area contributed by atoms with Crippen LogP contribution in [0.15, 0.2) is 49.1 Å². The van der Waals surface area contributed by atoms with Crippen molar-refractivity contribution in [3.05, 3.63) is 65.9 Å². The maximum Gasteiger partial charge on any atom is 0.417 e. The molecule has 0 fully saturated rings. The van der Waals surface area contributed by atoms with Gasteiger partial charge in [0.15, 0.2) is 5.82 Å². The molecule has 0 bridgehead atoms. The van der Waals surface area contributed by atoms with E-state index < -0.39 is 23.7 Å². The number of hydrogen-bond donors (Lipinski definition) is 2. The minimum absolute atomic E-state index is 0.00359. The molecule has 9 nitrogen and oxygen atoms in total. The highest BCUT2D eigenvalue weighted by Gasteiger charge is 2.31. The van der Waals surface area contributed by atoms with Gasteiger partial charge in [0.2, 0.25) is 5.88 Å². The molecule has 154 valence electrons. The van der Waals surface area contributed by atoms with Gasteiger partial charge in [0.1, 0.15) is 5.69 Å². The van der Waals surface area contributed by atoms with Crippen LogP contribution in [0.2, 0.25) is 0 Å². The van der Waals surface area contributed by atoms with Crippen LogP contribution < -0.4 is 15.8 Å². The van der Waals surface area contributed by atoms with E-state index >= 15 is 0 Å². The largest absolute Gasteiger partial charge is 0.417 e. The SMILES string of the molecule is NC(=O)Oc1ncccc1CNC(=O)c1ccnc(-c2cncc(C(F)(F)F)c2)n1. The minimum Gasteiger partial charge on any atom is -0.391 e. The van der Waals surface area contributed by atoms with Crippen molar-refractivity contribution < 1.29 is 27.5 Å². The topological polar surface area (TPSA) is 133 Å². The Morgan fingerprint density at radius 1 is 1.13 bits per heavy atom. The Kier molecular flexibility index (Phi) is 5.85. The zero-order chi connectivity index (χ0) is 21.7. The van der Waals surface area contributed by atoms with Crippen molar-refractivity contribution in [2.24, 2.45) is 5.73 Å². The van der Waals surface area contributed by atoms with Gasteiger partial charge in [-0.2, -0.15) is 13.2 Å². The molecule has 0 saturated heterocycles. The van der Waals surface area contributed by atoms with Crippen molar-refractivity contribution in [2.45, 2.75) is 12.7 Å². The number of pyridine rings is 2. The summed E-state index contributed by atoms with van der Waals surface area (Å²) in [5.74, 6) is -0.795. The van der Waals surface area contributed by atoms with Crippen LogP contribution in [0.4, 0.5) is 18.0 Å². The number of amides is 2. The average Bonchev–Trinajstić information content (AvgIpc) is 2.72. The molecule has 0 aromatic carbocycles. The first-order valence-electron chi connectivity index (χ1n) is 8.29. The van der Waals surface area contributed by atoms with E-state index in [-0.39, 0.29) is 29.5 Å². The Labute approximate surface area is 167 Å². The molecule has 0 unspecified atom stereocenters. The second-order valence-electron chi connectivity index (χ2n) is 5.80. The number of rotatable bonds is 5. The number of alkyl halides is 3. The van der Waals surface area contributed by atoms with Gasteiger partial charge in [-0.05, 0) is 18.2 Å². The molecular formula is C18H13F3N6O3. The van der Waals surface area contributed by atoms with Gasteiger partial charge in [-0.3, -0.25) is 9.78 Å². The summed E-state index contributed by atoms with van der Waals surface area (Å²) in [5, 5.41) is 2.55. The van der Waals surface area contributed by atoms with Crippen LogP contribution >= 0.6 is 0 Å². The van der Waals surface area contributed by atoms with Crippen LogP contribution in [-0.2, 0) is 12.7 Å². The Balaban J connectivity index is 1.77. The molecule has 0 aliphatic rings. The lowest BCUT2D eigenvalue weighted by atomic mass is 10.2. The van der Waals surface area contributed by atoms with Gasteiger partial charge in [0.05, 0.1) is 5.56 Å². The number of nitrogens with two attached hydrogens (primary N) is 1. The van der Waals surface area contributed by atoms with Gasteiger partial charge in [-0.1, -0.05) is 6.07 Å². The monoisotopic (exact) mass is 418 g/mol. The quantitative estimate of drug-likeness (QED) is 0.650. The molecule has 30 heavy (non-hydrogen) atoms. The van der Waals surface area contributed by atoms with E-state index in [9.17, 15) is 22.8 Å². The van der Waals surface area contributed by atoms with Crippen molar-refractivity contribution in [1.82, 2.24) is 25.3 Å². The van der Waals surface area contributed by atoms with Crippen molar-refractivity contribution >= 4 is 12.0 Å². The number of halogens is 3. The normalized spacial score (nSPS) is 11.0. The van der Waals surface area contributed by atoms with E-state index in [1.807, 2.05) is 0 Å². The summed E-state index contributed by atoms with van der Waals surface area (Å²) < 4.78 is 43.4. The van der Waals surface area contributed by atoms with Crippen molar-refractivity contribution in [3.63, 3.8) is 0 Å². The third kappa shape index (κ3) is 5.04. The molecular weight excluding hydrogens is 405 g/mol. The van der Waals surface area contributed by atoms with E-state index in [2.05, 4.69) is 25.3 Å². The fourth-order valence-corrected chi connectivity index (χ4v) is 2.35. The molecule has 12 heteroatoms. The number of ether oxygens (including phenoxy) is 1. The number of aromatic nitrogens is 4. The van der Waals surface area contributed by atoms with Gasteiger partial charge in [-0.25, -0.2) is 19.7 Å². The fraction of sp³-hybridized carbons (Fsp3) is 0.111. The summed E-state index contributed by atoms with van der Waals surface area (Å²) in [7, 11) is 0. The smallest absolute Gasteiger partial charge is 0.391 e. The van der Waals surface area contributed by atoms with Crippen LogP contribution in [0.25, 0.3) is 11.4 Å². The first-order chi connectivity index (χ1) is 14.2. The molecule has 0 atom stereocenters. The third-order valence-electron chi connectivity index (χ3n) is 3.70. The molecule has 2 amide bonds. The molecule has 0 aliphatic carbocycles. The second kappa shape index (κ2) is 8.51. The standard InChI is InChI=1S/C18H13F3N6O3/c19-18(20,21)12-6-11(7-23-9-12)14-24-5-3-13(27-14)15(28)26-8-10-2-1-4-25-16(10)30-17(22)29/h1-7,9H,8H2,(H2,22,29)(H,26,28). The number of nitrogens with zero attached hydrogens (tertiary/aromatic N) is 4. The molecule has 3 aromatic rings. The van der Waals surface area contributed by atoms with Gasteiger partial charge in [0.25, 0.3) is 5.91 Å². The summed E-state index contributed by atoms with van der Waals surface area (Å²) >= 11 is 0. The van der Waals surface area contributed by atoms with E-state index in [0.717, 1.165) is 12.3 Å². The maximum absolute atomic E-state index is 12.9. The summed E-state index contributed by atoms with van der Waals surface area (Å²) in [6.07, 6.45) is -1.18. The lowest BCUT2D eigenvalue weighted by Gasteiger charge is -2.09. The number of hydrogen-bond acceptors (Lipinski definition) is 7. The Hall–Kier alpha value is -4.09. The van der Waals surface area contributed by atoms with Crippen LogP contribution in [0.5, 0.6) is 5.88 Å². The molecule has 0 radical (unpaired) electrons. The minimum atomic E-state index is -4.58. The first-order valence-corrected chi connectivity index (χ1v) is 8.29. The van der Waals surface area contributed by atoms with E-state index in [0.29, 0.717) is 11.8 Å². The van der Waals surface area contributed by atoms with Gasteiger partial charge < -0.3 is 15.8 Å². The zero-order valence-corrected chi connectivity index (χ0v) is 15.1. The fourth-order valence-electron chi connectivity index (χ4n) is 2.35. The van der Waals surface area contributed by atoms with Crippen LogP contribution in [0.3, 0.4) is 0 Å². The molecule has 3 aromatic heterocycles. The van der Waals surface area contributed by atoms with Crippen LogP contribution in [0.1, 0.15) is 21.6 Å². The Morgan fingerprint density at radius 2 is 1.93 bits per heavy atom. The van der Waals surface area contributed by atoms with Crippen molar-refractivity contribution in [2.75, 3.05) is 0 Å². The lowest BCUT2D eigenvalue weighted by molar-refractivity contribution is -0.137. The van der Waals surface area contributed by atoms with E-state index in [4.69, 9.17) is 10.5 Å². The lowest BCUT2D eigenvalue weighted by Crippen LogP contribution is -2.25. The molecule has 3 heterocycles. The third-order valence-corrected chi connectivity index (χ3v) is 3.70. The van der Waals surface area contributed by atoms with Crippen molar-refractivity contribution in [3.8, 4) is 17.3 Å².